The van der Waals surface area contributed by atoms with E-state index in [1.54, 1.807) is 0 Å². The third-order valence-corrected chi connectivity index (χ3v) is 3.52. The maximum atomic E-state index is 6.11. The summed E-state index contributed by atoms with van der Waals surface area (Å²) >= 11 is 6.11. The number of ether oxygens (including phenoxy) is 1. The van der Waals surface area contributed by atoms with Crippen LogP contribution in [0, 0.1) is 5.92 Å². The van der Waals surface area contributed by atoms with E-state index in [9.17, 15) is 0 Å². The Bertz CT molecular complexity index is 569. The fourth-order valence-electron chi connectivity index (χ4n) is 2.08. The van der Waals surface area contributed by atoms with E-state index in [0.717, 1.165) is 18.8 Å². The van der Waals surface area contributed by atoms with Gasteiger partial charge in [-0.3, -0.25) is 0 Å². The van der Waals surface area contributed by atoms with E-state index in [0.29, 0.717) is 17.5 Å². The van der Waals surface area contributed by atoms with Crippen molar-refractivity contribution >= 4 is 11.6 Å². The molecule has 1 N–H and O–H groups in total. The van der Waals surface area contributed by atoms with Crippen molar-refractivity contribution in [1.29, 1.82) is 0 Å². The smallest absolute Gasteiger partial charge is 0.138 e. The lowest BCUT2D eigenvalue weighted by Crippen LogP contribution is -2.20. The van der Waals surface area contributed by atoms with Crippen molar-refractivity contribution in [3.05, 3.63) is 64.7 Å². The third kappa shape index (κ3) is 5.07. The highest BCUT2D eigenvalue weighted by Gasteiger charge is 2.05. The molecule has 0 aromatic heterocycles. The molecule has 0 saturated carbocycles. The van der Waals surface area contributed by atoms with Gasteiger partial charge in [-0.15, -0.1) is 0 Å². The molecule has 2 rings (SSSR count). The van der Waals surface area contributed by atoms with E-state index >= 15 is 0 Å². The minimum atomic E-state index is 0.531. The Kier molecular flexibility index (Phi) is 6.09. The summed E-state index contributed by atoms with van der Waals surface area (Å²) in [6.45, 7) is 6.82. The number of para-hydroxylation sites is 1. The molecule has 0 aliphatic heterocycles. The SMILES string of the molecule is CC(C)CNCc1ccccc1COc1ccccc1Cl. The van der Waals surface area contributed by atoms with Crippen LogP contribution in [0.15, 0.2) is 48.5 Å². The second-order valence-corrected chi connectivity index (χ2v) is 5.92. The summed E-state index contributed by atoms with van der Waals surface area (Å²) in [6, 6.07) is 15.9. The molecule has 0 saturated heterocycles. The van der Waals surface area contributed by atoms with Crippen LogP contribution in [0.5, 0.6) is 5.75 Å². The standard InChI is InChI=1S/C18H22ClNO/c1-14(2)11-20-12-15-7-3-4-8-16(15)13-21-18-10-6-5-9-17(18)19/h3-10,14,20H,11-13H2,1-2H3. The molecule has 0 aliphatic carbocycles. The highest BCUT2D eigenvalue weighted by molar-refractivity contribution is 6.32. The molecule has 2 aromatic carbocycles. The van der Waals surface area contributed by atoms with Gasteiger partial charge in [0.25, 0.3) is 0 Å². The molecule has 2 nitrogen and oxygen atoms in total. The van der Waals surface area contributed by atoms with E-state index in [4.69, 9.17) is 16.3 Å². The molecular weight excluding hydrogens is 282 g/mol. The van der Waals surface area contributed by atoms with Gasteiger partial charge in [0, 0.05) is 6.54 Å². The summed E-state index contributed by atoms with van der Waals surface area (Å²) in [5.74, 6) is 1.38. The molecular formula is C18H22ClNO. The first kappa shape index (κ1) is 15.9. The van der Waals surface area contributed by atoms with Gasteiger partial charge in [-0.1, -0.05) is 61.8 Å². The maximum absolute atomic E-state index is 6.11. The number of halogens is 1. The summed E-state index contributed by atoms with van der Waals surface area (Å²) in [5, 5.41) is 4.12. The number of hydrogen-bond acceptors (Lipinski definition) is 2. The summed E-state index contributed by atoms with van der Waals surface area (Å²) in [4.78, 5) is 0. The first-order valence-corrected chi connectivity index (χ1v) is 7.69. The van der Waals surface area contributed by atoms with Crippen molar-refractivity contribution in [1.82, 2.24) is 5.32 Å². The molecule has 0 heterocycles. The van der Waals surface area contributed by atoms with Gasteiger partial charge in [-0.25, -0.2) is 0 Å². The second-order valence-electron chi connectivity index (χ2n) is 5.51. The lowest BCUT2D eigenvalue weighted by atomic mass is 10.1. The van der Waals surface area contributed by atoms with E-state index < -0.39 is 0 Å². The van der Waals surface area contributed by atoms with E-state index in [1.165, 1.54) is 11.1 Å². The predicted molar refractivity (Wildman–Crippen MR) is 88.8 cm³/mol. The minimum Gasteiger partial charge on any atom is -0.487 e. The molecule has 21 heavy (non-hydrogen) atoms. The van der Waals surface area contributed by atoms with Crippen LogP contribution < -0.4 is 10.1 Å². The summed E-state index contributed by atoms with van der Waals surface area (Å²) < 4.78 is 5.83. The van der Waals surface area contributed by atoms with Crippen LogP contribution in [0.2, 0.25) is 5.02 Å². The maximum Gasteiger partial charge on any atom is 0.138 e. The number of nitrogens with one attached hydrogen (secondary N) is 1. The number of hydrogen-bond donors (Lipinski definition) is 1. The van der Waals surface area contributed by atoms with Crippen molar-refractivity contribution in [3.63, 3.8) is 0 Å². The Morgan fingerprint density at radius 1 is 1.00 bits per heavy atom. The van der Waals surface area contributed by atoms with Crippen molar-refractivity contribution < 1.29 is 4.74 Å². The van der Waals surface area contributed by atoms with Gasteiger partial charge in [0.15, 0.2) is 0 Å². The molecule has 112 valence electrons. The van der Waals surface area contributed by atoms with Crippen molar-refractivity contribution in [2.45, 2.75) is 27.0 Å². The number of rotatable bonds is 7. The van der Waals surface area contributed by atoms with Gasteiger partial charge in [0.05, 0.1) is 5.02 Å². The molecule has 0 atom stereocenters. The monoisotopic (exact) mass is 303 g/mol. The first-order chi connectivity index (χ1) is 10.2. The average molecular weight is 304 g/mol. The van der Waals surface area contributed by atoms with Gasteiger partial charge in [-0.05, 0) is 35.7 Å². The molecule has 0 amide bonds. The van der Waals surface area contributed by atoms with Gasteiger partial charge in [0.2, 0.25) is 0 Å². The van der Waals surface area contributed by atoms with Crippen molar-refractivity contribution in [2.75, 3.05) is 6.54 Å². The van der Waals surface area contributed by atoms with Crippen molar-refractivity contribution in [2.24, 2.45) is 5.92 Å². The predicted octanol–water partition coefficient (Wildman–Crippen LogP) is 4.66. The summed E-state index contributed by atoms with van der Waals surface area (Å²) in [6.07, 6.45) is 0. The van der Waals surface area contributed by atoms with Crippen LogP contribution in [-0.4, -0.2) is 6.54 Å². The molecule has 2 aromatic rings. The van der Waals surface area contributed by atoms with Gasteiger partial charge < -0.3 is 10.1 Å². The zero-order valence-corrected chi connectivity index (χ0v) is 13.4. The second kappa shape index (κ2) is 8.06. The van der Waals surface area contributed by atoms with Gasteiger partial charge in [-0.2, -0.15) is 0 Å². The Labute approximate surface area is 132 Å². The number of benzene rings is 2. The highest BCUT2D eigenvalue weighted by atomic mass is 35.5. The third-order valence-electron chi connectivity index (χ3n) is 3.21. The molecule has 0 aliphatic rings. The molecule has 0 fully saturated rings. The van der Waals surface area contributed by atoms with Crippen LogP contribution in [0.25, 0.3) is 0 Å². The van der Waals surface area contributed by atoms with Gasteiger partial charge >= 0.3 is 0 Å². The zero-order valence-electron chi connectivity index (χ0n) is 12.6. The summed E-state index contributed by atoms with van der Waals surface area (Å²) in [7, 11) is 0. The van der Waals surface area contributed by atoms with Crippen molar-refractivity contribution in [3.8, 4) is 5.75 Å². The molecule has 0 bridgehead atoms. The Hall–Kier alpha value is -1.51. The van der Waals surface area contributed by atoms with Gasteiger partial charge in [0.1, 0.15) is 12.4 Å². The Morgan fingerprint density at radius 3 is 2.38 bits per heavy atom. The summed E-state index contributed by atoms with van der Waals surface area (Å²) in [5.41, 5.74) is 2.46. The average Bonchev–Trinajstić information content (AvgIpc) is 2.47. The topological polar surface area (TPSA) is 21.3 Å². The highest BCUT2D eigenvalue weighted by Crippen LogP contribution is 2.24. The minimum absolute atomic E-state index is 0.531. The van der Waals surface area contributed by atoms with E-state index in [-0.39, 0.29) is 0 Å². The molecule has 0 unspecified atom stereocenters. The van der Waals surface area contributed by atoms with E-state index in [1.807, 2.05) is 30.3 Å². The molecule has 0 spiro atoms. The first-order valence-electron chi connectivity index (χ1n) is 7.31. The van der Waals surface area contributed by atoms with E-state index in [2.05, 4.69) is 37.4 Å². The fraction of sp³-hybridized carbons (Fsp3) is 0.333. The van der Waals surface area contributed by atoms with Crippen LogP contribution >= 0.6 is 11.6 Å². The lowest BCUT2D eigenvalue weighted by molar-refractivity contribution is 0.305. The normalized spacial score (nSPS) is 10.9. The largest absolute Gasteiger partial charge is 0.487 e. The van der Waals surface area contributed by atoms with Crippen LogP contribution in [0.1, 0.15) is 25.0 Å². The Morgan fingerprint density at radius 2 is 1.67 bits per heavy atom. The molecule has 3 heteroatoms. The van der Waals surface area contributed by atoms with Crippen LogP contribution in [-0.2, 0) is 13.2 Å². The lowest BCUT2D eigenvalue weighted by Gasteiger charge is -2.13. The van der Waals surface area contributed by atoms with Crippen LogP contribution in [0.4, 0.5) is 0 Å². The van der Waals surface area contributed by atoms with Crippen LogP contribution in [0.3, 0.4) is 0 Å². The fourth-order valence-corrected chi connectivity index (χ4v) is 2.27. The quantitative estimate of drug-likeness (QED) is 0.803. The Balaban J connectivity index is 1.98. The molecule has 0 radical (unpaired) electrons. The zero-order chi connectivity index (χ0) is 15.1.